The number of rotatable bonds is 5. The predicted octanol–water partition coefficient (Wildman–Crippen LogP) is 2.47. The van der Waals surface area contributed by atoms with Crippen molar-refractivity contribution in [1.82, 2.24) is 4.90 Å². The van der Waals surface area contributed by atoms with E-state index < -0.39 is 0 Å². The summed E-state index contributed by atoms with van der Waals surface area (Å²) in [5, 5.41) is 0. The van der Waals surface area contributed by atoms with Crippen molar-refractivity contribution in [3.63, 3.8) is 0 Å². The molecule has 0 spiro atoms. The molecule has 1 aliphatic heterocycles. The number of para-hydroxylation sites is 1. The highest BCUT2D eigenvalue weighted by Gasteiger charge is 2.28. The molecule has 104 valence electrons. The van der Waals surface area contributed by atoms with Gasteiger partial charge >= 0.3 is 0 Å². The molecule has 1 aromatic carbocycles. The number of benzene rings is 1. The van der Waals surface area contributed by atoms with E-state index in [1.165, 1.54) is 0 Å². The van der Waals surface area contributed by atoms with Crippen LogP contribution in [0.2, 0.25) is 0 Å². The van der Waals surface area contributed by atoms with Gasteiger partial charge in [-0.2, -0.15) is 0 Å². The molecule has 19 heavy (non-hydrogen) atoms. The first-order chi connectivity index (χ1) is 9.22. The molecule has 0 N–H and O–H groups in total. The second-order valence-corrected chi connectivity index (χ2v) is 5.41. The van der Waals surface area contributed by atoms with Gasteiger partial charge in [-0.05, 0) is 40.9 Å². The topological polar surface area (TPSA) is 38.8 Å². The average molecular weight is 328 g/mol. The summed E-state index contributed by atoms with van der Waals surface area (Å²) in [6.07, 6.45) is 2.05. The third kappa shape index (κ3) is 3.70. The SMILES string of the molecule is COC[C@H]1CCCN1C(=O)COc1ccccc1Br. The Bertz CT molecular complexity index is 438. The molecular weight excluding hydrogens is 310 g/mol. The van der Waals surface area contributed by atoms with Crippen molar-refractivity contribution >= 4 is 21.8 Å². The highest BCUT2D eigenvalue weighted by molar-refractivity contribution is 9.10. The molecule has 0 unspecified atom stereocenters. The van der Waals surface area contributed by atoms with E-state index >= 15 is 0 Å². The number of hydrogen-bond donors (Lipinski definition) is 0. The van der Waals surface area contributed by atoms with E-state index in [4.69, 9.17) is 9.47 Å². The van der Waals surface area contributed by atoms with Gasteiger partial charge in [-0.25, -0.2) is 0 Å². The smallest absolute Gasteiger partial charge is 0.260 e. The molecule has 1 amide bonds. The molecule has 0 bridgehead atoms. The van der Waals surface area contributed by atoms with Crippen LogP contribution in [-0.2, 0) is 9.53 Å². The summed E-state index contributed by atoms with van der Waals surface area (Å²) >= 11 is 3.40. The lowest BCUT2D eigenvalue weighted by Gasteiger charge is -2.24. The van der Waals surface area contributed by atoms with Crippen molar-refractivity contribution in [3.8, 4) is 5.75 Å². The Balaban J connectivity index is 1.89. The van der Waals surface area contributed by atoms with Gasteiger partial charge in [-0.15, -0.1) is 0 Å². The summed E-state index contributed by atoms with van der Waals surface area (Å²) in [4.78, 5) is 14.0. The Hall–Kier alpha value is -1.07. The highest BCUT2D eigenvalue weighted by Crippen LogP contribution is 2.24. The van der Waals surface area contributed by atoms with E-state index in [-0.39, 0.29) is 18.6 Å². The maximum Gasteiger partial charge on any atom is 0.260 e. The fraction of sp³-hybridized carbons (Fsp3) is 0.500. The highest BCUT2D eigenvalue weighted by atomic mass is 79.9. The molecule has 0 radical (unpaired) electrons. The van der Waals surface area contributed by atoms with E-state index in [1.54, 1.807) is 7.11 Å². The lowest BCUT2D eigenvalue weighted by atomic mass is 10.2. The molecule has 4 nitrogen and oxygen atoms in total. The van der Waals surface area contributed by atoms with Gasteiger partial charge in [0.25, 0.3) is 5.91 Å². The van der Waals surface area contributed by atoms with Crippen molar-refractivity contribution in [2.24, 2.45) is 0 Å². The standard InChI is InChI=1S/C14H18BrNO3/c1-18-9-11-5-4-8-16(11)14(17)10-19-13-7-3-2-6-12(13)15/h2-3,6-7,11H,4-5,8-10H2,1H3/t11-/m1/s1. The Labute approximate surface area is 121 Å². The Kier molecular flexibility index (Phi) is 5.22. The van der Waals surface area contributed by atoms with Crippen LogP contribution in [0.5, 0.6) is 5.75 Å². The molecule has 0 aromatic heterocycles. The molecule has 1 atom stereocenters. The molecule has 1 heterocycles. The van der Waals surface area contributed by atoms with Crippen LogP contribution in [0.3, 0.4) is 0 Å². The van der Waals surface area contributed by atoms with Gasteiger partial charge in [-0.1, -0.05) is 12.1 Å². The van der Waals surface area contributed by atoms with Gasteiger partial charge in [-0.3, -0.25) is 4.79 Å². The van der Waals surface area contributed by atoms with Crippen molar-refractivity contribution in [2.75, 3.05) is 26.9 Å². The molecular formula is C14H18BrNO3. The molecule has 1 saturated heterocycles. The van der Waals surface area contributed by atoms with Crippen LogP contribution >= 0.6 is 15.9 Å². The number of likely N-dealkylation sites (tertiary alicyclic amines) is 1. The third-order valence-corrected chi connectivity index (χ3v) is 3.90. The number of ether oxygens (including phenoxy) is 2. The number of methoxy groups -OCH3 is 1. The van der Waals surface area contributed by atoms with Gasteiger partial charge in [0.05, 0.1) is 17.1 Å². The second-order valence-electron chi connectivity index (χ2n) is 4.56. The Morgan fingerprint density at radius 1 is 1.47 bits per heavy atom. The minimum Gasteiger partial charge on any atom is -0.483 e. The molecule has 1 fully saturated rings. The van der Waals surface area contributed by atoms with E-state index in [0.717, 1.165) is 23.9 Å². The zero-order valence-corrected chi connectivity index (χ0v) is 12.6. The van der Waals surface area contributed by atoms with Gasteiger partial charge < -0.3 is 14.4 Å². The summed E-state index contributed by atoms with van der Waals surface area (Å²) in [6.45, 7) is 1.47. The normalized spacial score (nSPS) is 18.6. The summed E-state index contributed by atoms with van der Waals surface area (Å²) < 4.78 is 11.6. The Morgan fingerprint density at radius 3 is 3.00 bits per heavy atom. The van der Waals surface area contributed by atoms with E-state index in [1.807, 2.05) is 29.2 Å². The molecule has 0 aliphatic carbocycles. The van der Waals surface area contributed by atoms with Crippen LogP contribution < -0.4 is 4.74 Å². The summed E-state index contributed by atoms with van der Waals surface area (Å²) in [6, 6.07) is 7.72. The maximum atomic E-state index is 12.1. The van der Waals surface area contributed by atoms with E-state index in [0.29, 0.717) is 12.4 Å². The van der Waals surface area contributed by atoms with Gasteiger partial charge in [0.2, 0.25) is 0 Å². The number of nitrogens with zero attached hydrogens (tertiary/aromatic N) is 1. The van der Waals surface area contributed by atoms with Crippen LogP contribution in [0.4, 0.5) is 0 Å². The number of hydrogen-bond acceptors (Lipinski definition) is 3. The zero-order valence-electron chi connectivity index (χ0n) is 11.0. The molecule has 0 saturated carbocycles. The lowest BCUT2D eigenvalue weighted by molar-refractivity contribution is -0.135. The van der Waals surface area contributed by atoms with Crippen LogP contribution in [0.25, 0.3) is 0 Å². The molecule has 1 aromatic rings. The first kappa shape index (κ1) is 14.3. The average Bonchev–Trinajstić information content (AvgIpc) is 2.86. The quantitative estimate of drug-likeness (QED) is 0.833. The van der Waals surface area contributed by atoms with Crippen molar-refractivity contribution in [2.45, 2.75) is 18.9 Å². The summed E-state index contributed by atoms with van der Waals surface area (Å²) in [7, 11) is 1.67. The molecule has 1 aliphatic rings. The maximum absolute atomic E-state index is 12.1. The number of carbonyl (C=O) groups is 1. The molecule has 5 heteroatoms. The fourth-order valence-electron chi connectivity index (χ4n) is 2.31. The lowest BCUT2D eigenvalue weighted by Crippen LogP contribution is -2.40. The van der Waals surface area contributed by atoms with Crippen molar-refractivity contribution in [3.05, 3.63) is 28.7 Å². The predicted molar refractivity (Wildman–Crippen MR) is 76.2 cm³/mol. The second kappa shape index (κ2) is 6.91. The van der Waals surface area contributed by atoms with Gasteiger partial charge in [0, 0.05) is 13.7 Å². The number of carbonyl (C=O) groups excluding carboxylic acids is 1. The van der Waals surface area contributed by atoms with Crippen LogP contribution in [0, 0.1) is 0 Å². The third-order valence-electron chi connectivity index (χ3n) is 3.24. The fourth-order valence-corrected chi connectivity index (χ4v) is 2.71. The first-order valence-corrected chi connectivity index (χ1v) is 7.17. The van der Waals surface area contributed by atoms with Crippen LogP contribution in [0.1, 0.15) is 12.8 Å². The van der Waals surface area contributed by atoms with Crippen molar-refractivity contribution in [1.29, 1.82) is 0 Å². The van der Waals surface area contributed by atoms with Gasteiger partial charge in [0.15, 0.2) is 6.61 Å². The molecule has 2 rings (SSSR count). The summed E-state index contributed by atoms with van der Waals surface area (Å²) in [5.41, 5.74) is 0. The van der Waals surface area contributed by atoms with Crippen molar-refractivity contribution < 1.29 is 14.3 Å². The van der Waals surface area contributed by atoms with E-state index in [9.17, 15) is 4.79 Å². The Morgan fingerprint density at radius 2 is 2.26 bits per heavy atom. The zero-order chi connectivity index (χ0) is 13.7. The van der Waals surface area contributed by atoms with Crippen LogP contribution in [-0.4, -0.2) is 43.7 Å². The van der Waals surface area contributed by atoms with Gasteiger partial charge in [0.1, 0.15) is 5.75 Å². The monoisotopic (exact) mass is 327 g/mol. The summed E-state index contributed by atoms with van der Waals surface area (Å²) in [5.74, 6) is 0.716. The number of amides is 1. The van der Waals surface area contributed by atoms with Crippen LogP contribution in [0.15, 0.2) is 28.7 Å². The number of halogens is 1. The minimum absolute atomic E-state index is 0.0234. The van der Waals surface area contributed by atoms with E-state index in [2.05, 4.69) is 15.9 Å². The minimum atomic E-state index is 0.0234. The largest absolute Gasteiger partial charge is 0.483 e. The first-order valence-electron chi connectivity index (χ1n) is 6.38.